The summed E-state index contributed by atoms with van der Waals surface area (Å²) in [5, 5.41) is 5.57. The number of carbonyl (C=O) groups is 1. The number of carbonyl (C=O) groups excluding carboxylic acids is 1. The summed E-state index contributed by atoms with van der Waals surface area (Å²) in [6, 6.07) is 7.58. The fourth-order valence-electron chi connectivity index (χ4n) is 3.05. The molecule has 6 nitrogen and oxygen atoms in total. The first-order valence-electron chi connectivity index (χ1n) is 8.70. The quantitative estimate of drug-likeness (QED) is 0.494. The van der Waals surface area contributed by atoms with Crippen LogP contribution in [0, 0.1) is 13.8 Å². The molecule has 3 heterocycles. The predicted molar refractivity (Wildman–Crippen MR) is 112 cm³/mol. The average molecular weight is 412 g/mol. The van der Waals surface area contributed by atoms with E-state index in [-0.39, 0.29) is 5.91 Å². The Morgan fingerprint density at radius 1 is 1.25 bits per heavy atom. The van der Waals surface area contributed by atoms with Crippen molar-refractivity contribution in [2.24, 2.45) is 7.05 Å². The molecule has 0 aliphatic carbocycles. The fourth-order valence-corrected chi connectivity index (χ4v) is 4.37. The van der Waals surface area contributed by atoms with Crippen molar-refractivity contribution in [2.45, 2.75) is 20.4 Å². The van der Waals surface area contributed by atoms with Gasteiger partial charge in [-0.3, -0.25) is 19.4 Å². The van der Waals surface area contributed by atoms with Crippen molar-refractivity contribution >= 4 is 44.2 Å². The maximum absolute atomic E-state index is 13.4. The molecule has 0 radical (unpaired) electrons. The van der Waals surface area contributed by atoms with Gasteiger partial charge in [0.25, 0.3) is 5.91 Å². The lowest BCUT2D eigenvalue weighted by Crippen LogP contribution is -2.31. The van der Waals surface area contributed by atoms with E-state index >= 15 is 0 Å². The Hall–Kier alpha value is -2.77. The molecule has 0 fully saturated rings. The first-order valence-corrected chi connectivity index (χ1v) is 9.90. The highest BCUT2D eigenvalue weighted by atomic mass is 35.5. The molecule has 0 bridgehead atoms. The zero-order valence-corrected chi connectivity index (χ0v) is 17.3. The average Bonchev–Trinajstić information content (AvgIpc) is 3.27. The number of nitrogens with zero attached hydrogens (tertiary/aromatic N) is 5. The van der Waals surface area contributed by atoms with Gasteiger partial charge in [0.15, 0.2) is 10.8 Å². The van der Waals surface area contributed by atoms with Crippen LogP contribution in [-0.2, 0) is 13.6 Å². The van der Waals surface area contributed by atoms with Crippen molar-refractivity contribution < 1.29 is 4.79 Å². The number of hydrogen-bond acceptors (Lipinski definition) is 5. The molecular formula is C20H18ClN5OS. The monoisotopic (exact) mass is 411 g/mol. The van der Waals surface area contributed by atoms with E-state index in [0.717, 1.165) is 26.9 Å². The third-order valence-corrected chi connectivity index (χ3v) is 5.98. The number of rotatable bonds is 4. The van der Waals surface area contributed by atoms with E-state index in [1.165, 1.54) is 11.3 Å². The van der Waals surface area contributed by atoms with Crippen LogP contribution < -0.4 is 4.90 Å². The maximum atomic E-state index is 13.4. The van der Waals surface area contributed by atoms with Crippen molar-refractivity contribution in [3.63, 3.8) is 0 Å². The molecule has 0 unspecified atom stereocenters. The van der Waals surface area contributed by atoms with Gasteiger partial charge in [-0.1, -0.05) is 35.1 Å². The van der Waals surface area contributed by atoms with Gasteiger partial charge in [-0.15, -0.1) is 0 Å². The van der Waals surface area contributed by atoms with Gasteiger partial charge < -0.3 is 0 Å². The van der Waals surface area contributed by atoms with E-state index < -0.39 is 0 Å². The summed E-state index contributed by atoms with van der Waals surface area (Å²) < 4.78 is 2.52. The summed E-state index contributed by atoms with van der Waals surface area (Å²) in [6.07, 6.45) is 5.28. The summed E-state index contributed by atoms with van der Waals surface area (Å²) in [5.41, 5.74) is 3.97. The van der Waals surface area contributed by atoms with E-state index in [2.05, 4.69) is 10.1 Å². The molecule has 0 saturated carbocycles. The van der Waals surface area contributed by atoms with Crippen LogP contribution >= 0.6 is 22.9 Å². The lowest BCUT2D eigenvalue weighted by molar-refractivity contribution is 0.0979. The molecular weight excluding hydrogens is 394 g/mol. The molecule has 0 saturated heterocycles. The molecule has 8 heteroatoms. The number of amides is 1. The smallest absolute Gasteiger partial charge is 0.278 e. The minimum Gasteiger partial charge on any atom is -0.278 e. The van der Waals surface area contributed by atoms with Gasteiger partial charge in [0, 0.05) is 31.2 Å². The van der Waals surface area contributed by atoms with Crippen LogP contribution in [-0.4, -0.2) is 25.7 Å². The van der Waals surface area contributed by atoms with Gasteiger partial charge in [0.2, 0.25) is 0 Å². The van der Waals surface area contributed by atoms with Gasteiger partial charge in [-0.05, 0) is 37.1 Å². The topological polar surface area (TPSA) is 63.9 Å². The second-order valence-corrected chi connectivity index (χ2v) is 8.01. The Morgan fingerprint density at radius 2 is 2.07 bits per heavy atom. The van der Waals surface area contributed by atoms with E-state index in [1.807, 2.05) is 44.3 Å². The molecule has 0 aliphatic heterocycles. The predicted octanol–water partition coefficient (Wildman–Crippen LogP) is 4.54. The number of aromatic nitrogens is 4. The van der Waals surface area contributed by atoms with E-state index in [0.29, 0.717) is 22.4 Å². The lowest BCUT2D eigenvalue weighted by atomic mass is 10.2. The molecule has 0 atom stereocenters. The van der Waals surface area contributed by atoms with Crippen LogP contribution in [0.3, 0.4) is 0 Å². The fraction of sp³-hybridized carbons (Fsp3) is 0.200. The van der Waals surface area contributed by atoms with Crippen LogP contribution in [0.25, 0.3) is 10.2 Å². The molecule has 28 heavy (non-hydrogen) atoms. The Morgan fingerprint density at radius 3 is 2.71 bits per heavy atom. The first kappa shape index (κ1) is 18.6. The highest BCUT2D eigenvalue weighted by molar-refractivity contribution is 7.23. The van der Waals surface area contributed by atoms with Crippen molar-refractivity contribution in [3.05, 3.63) is 70.3 Å². The zero-order chi connectivity index (χ0) is 19.8. The van der Waals surface area contributed by atoms with E-state index in [4.69, 9.17) is 16.6 Å². The molecule has 0 aliphatic rings. The van der Waals surface area contributed by atoms with Crippen molar-refractivity contribution in [3.8, 4) is 0 Å². The number of hydrogen-bond donors (Lipinski definition) is 0. The molecule has 1 aromatic carbocycles. The second-order valence-electron chi connectivity index (χ2n) is 6.63. The number of halogens is 1. The largest absolute Gasteiger partial charge is 0.281 e. The van der Waals surface area contributed by atoms with Crippen LogP contribution in [0.1, 0.15) is 27.2 Å². The summed E-state index contributed by atoms with van der Waals surface area (Å²) >= 11 is 7.78. The summed E-state index contributed by atoms with van der Waals surface area (Å²) in [6.45, 7) is 4.21. The van der Waals surface area contributed by atoms with Crippen LogP contribution in [0.15, 0.2) is 42.9 Å². The second kappa shape index (κ2) is 7.33. The number of aryl methyl sites for hydroxylation is 3. The van der Waals surface area contributed by atoms with Crippen LogP contribution in [0.2, 0.25) is 5.02 Å². The van der Waals surface area contributed by atoms with Gasteiger partial charge in [-0.25, -0.2) is 4.98 Å². The molecule has 142 valence electrons. The van der Waals surface area contributed by atoms with Gasteiger partial charge >= 0.3 is 0 Å². The number of fused-ring (bicyclic) bond motifs is 1. The van der Waals surface area contributed by atoms with Gasteiger partial charge in [0.1, 0.15) is 0 Å². The third kappa shape index (κ3) is 3.39. The third-order valence-electron chi connectivity index (χ3n) is 4.44. The van der Waals surface area contributed by atoms with Gasteiger partial charge in [0.05, 0.1) is 21.8 Å². The molecule has 1 amide bonds. The normalized spacial score (nSPS) is 11.1. The minimum absolute atomic E-state index is 0.199. The van der Waals surface area contributed by atoms with Crippen LogP contribution in [0.4, 0.5) is 5.13 Å². The van der Waals surface area contributed by atoms with E-state index in [1.54, 1.807) is 29.0 Å². The Balaban J connectivity index is 1.83. The Labute approximate surface area is 171 Å². The lowest BCUT2D eigenvalue weighted by Gasteiger charge is -2.19. The summed E-state index contributed by atoms with van der Waals surface area (Å²) in [7, 11) is 1.80. The van der Waals surface area contributed by atoms with Crippen molar-refractivity contribution in [1.82, 2.24) is 19.7 Å². The minimum atomic E-state index is -0.199. The number of anilines is 1. The number of thiazole rings is 1. The molecule has 3 aromatic heterocycles. The van der Waals surface area contributed by atoms with Gasteiger partial charge in [-0.2, -0.15) is 5.10 Å². The highest BCUT2D eigenvalue weighted by Gasteiger charge is 2.26. The SMILES string of the molecule is Cc1cn(C)nc1C(=O)N(Cc1cccnc1)c1nc2c(C)ccc(Cl)c2s1. The number of pyridine rings is 1. The Kier molecular flexibility index (Phi) is 4.87. The highest BCUT2D eigenvalue weighted by Crippen LogP contribution is 2.36. The zero-order valence-electron chi connectivity index (χ0n) is 15.7. The Bertz CT molecular complexity index is 1130. The molecule has 0 N–H and O–H groups in total. The molecule has 4 rings (SSSR count). The molecule has 4 aromatic rings. The van der Waals surface area contributed by atoms with E-state index in [9.17, 15) is 4.79 Å². The van der Waals surface area contributed by atoms with Crippen molar-refractivity contribution in [1.29, 1.82) is 0 Å². The number of benzene rings is 1. The van der Waals surface area contributed by atoms with Crippen molar-refractivity contribution in [2.75, 3.05) is 4.90 Å². The summed E-state index contributed by atoms with van der Waals surface area (Å²) in [5.74, 6) is -0.199. The first-order chi connectivity index (χ1) is 13.4. The summed E-state index contributed by atoms with van der Waals surface area (Å²) in [4.78, 5) is 23.9. The van der Waals surface area contributed by atoms with Crippen LogP contribution in [0.5, 0.6) is 0 Å². The maximum Gasteiger partial charge on any atom is 0.281 e. The standard InChI is InChI=1S/C20H18ClN5OS/c1-12-6-7-15(21)18-16(12)23-20(28-18)26(11-14-5-4-8-22-9-14)19(27)17-13(2)10-25(3)24-17/h4-10H,11H2,1-3H3. The molecule has 0 spiro atoms.